The summed E-state index contributed by atoms with van der Waals surface area (Å²) in [5, 5.41) is 13.2. The van der Waals surface area contributed by atoms with E-state index >= 15 is 0 Å². The Labute approximate surface area is 148 Å². The fourth-order valence-corrected chi connectivity index (χ4v) is 3.09. The predicted molar refractivity (Wildman–Crippen MR) is 99.7 cm³/mol. The number of halogens is 1. The first-order chi connectivity index (χ1) is 11.1. The van der Waals surface area contributed by atoms with Gasteiger partial charge in [0.1, 0.15) is 5.41 Å². The summed E-state index contributed by atoms with van der Waals surface area (Å²) in [6.45, 7) is 2.60. The van der Waals surface area contributed by atoms with Crippen molar-refractivity contribution < 1.29 is 9.90 Å². The predicted octanol–water partition coefficient (Wildman–Crippen LogP) is 4.04. The Balaban J connectivity index is 0.00000208. The summed E-state index contributed by atoms with van der Waals surface area (Å²) in [4.78, 5) is 12.0. The maximum Gasteiger partial charge on any atom is 0.315 e. The summed E-state index contributed by atoms with van der Waals surface area (Å²) in [5.74, 6) is -0.811. The van der Waals surface area contributed by atoms with Gasteiger partial charge in [-0.3, -0.25) is 4.79 Å². The van der Waals surface area contributed by atoms with Gasteiger partial charge in [0.25, 0.3) is 0 Å². The minimum atomic E-state index is -0.980. The van der Waals surface area contributed by atoms with Crippen LogP contribution in [0.3, 0.4) is 0 Å². The van der Waals surface area contributed by atoms with E-state index in [0.717, 1.165) is 29.7 Å². The Morgan fingerprint density at radius 1 is 1.08 bits per heavy atom. The molecule has 3 nitrogen and oxygen atoms in total. The summed E-state index contributed by atoms with van der Waals surface area (Å²) in [7, 11) is 0. The fraction of sp³-hybridized carbons (Fsp3) is 0.250. The maximum absolute atomic E-state index is 12.0. The van der Waals surface area contributed by atoms with Crippen LogP contribution in [0.15, 0.2) is 66.7 Å². The van der Waals surface area contributed by atoms with Crippen LogP contribution in [0.4, 0.5) is 0 Å². The number of benzene rings is 2. The zero-order valence-corrected chi connectivity index (χ0v) is 14.4. The Morgan fingerprint density at radius 3 is 2.25 bits per heavy atom. The van der Waals surface area contributed by atoms with E-state index < -0.39 is 11.4 Å². The monoisotopic (exact) mass is 343 g/mol. The molecule has 1 heterocycles. The molecule has 4 heteroatoms. The third-order valence-corrected chi connectivity index (χ3v) is 4.66. The van der Waals surface area contributed by atoms with Gasteiger partial charge in [0.2, 0.25) is 0 Å². The van der Waals surface area contributed by atoms with Gasteiger partial charge in [0.05, 0.1) is 0 Å². The van der Waals surface area contributed by atoms with Crippen LogP contribution in [0.2, 0.25) is 0 Å². The molecule has 0 amide bonds. The molecule has 3 rings (SSSR count). The van der Waals surface area contributed by atoms with Crippen LogP contribution in [-0.2, 0) is 10.2 Å². The van der Waals surface area contributed by atoms with E-state index in [2.05, 4.69) is 23.5 Å². The molecule has 126 valence electrons. The van der Waals surface area contributed by atoms with Gasteiger partial charge < -0.3 is 10.4 Å². The summed E-state index contributed by atoms with van der Waals surface area (Å²) in [5.41, 5.74) is 2.06. The lowest BCUT2D eigenvalue weighted by molar-refractivity contribution is -0.144. The molecule has 0 spiro atoms. The van der Waals surface area contributed by atoms with Crippen LogP contribution < -0.4 is 5.32 Å². The molecule has 1 aliphatic rings. The molecule has 0 saturated heterocycles. The lowest BCUT2D eigenvalue weighted by atomic mass is 9.74. The van der Waals surface area contributed by atoms with Gasteiger partial charge in [0, 0.05) is 6.04 Å². The van der Waals surface area contributed by atoms with Gasteiger partial charge in [-0.2, -0.15) is 0 Å². The number of carbonyl (C=O) groups is 1. The molecule has 0 radical (unpaired) electrons. The van der Waals surface area contributed by atoms with Gasteiger partial charge >= 0.3 is 5.97 Å². The molecule has 0 aromatic heterocycles. The van der Waals surface area contributed by atoms with Crippen LogP contribution in [0.5, 0.6) is 0 Å². The van der Waals surface area contributed by atoms with E-state index in [-0.39, 0.29) is 18.4 Å². The molecule has 0 bridgehead atoms. The third kappa shape index (κ3) is 3.37. The van der Waals surface area contributed by atoms with Gasteiger partial charge in [-0.15, -0.1) is 12.4 Å². The number of carboxylic acids is 1. The summed E-state index contributed by atoms with van der Waals surface area (Å²) in [6, 6.07) is 17.8. The highest BCUT2D eigenvalue weighted by molar-refractivity contribution is 5.85. The lowest BCUT2D eigenvalue weighted by Gasteiger charge is -2.35. The summed E-state index contributed by atoms with van der Waals surface area (Å²) >= 11 is 0. The van der Waals surface area contributed by atoms with Crippen molar-refractivity contribution in [2.45, 2.75) is 24.8 Å². The number of hydrogen-bond acceptors (Lipinski definition) is 2. The van der Waals surface area contributed by atoms with Crippen LogP contribution in [0, 0.1) is 0 Å². The highest BCUT2D eigenvalue weighted by atomic mass is 35.5. The number of aliphatic carboxylic acids is 1. The van der Waals surface area contributed by atoms with Crippen molar-refractivity contribution in [3.8, 4) is 11.1 Å². The zero-order chi connectivity index (χ0) is 16.3. The molecule has 2 aromatic carbocycles. The number of rotatable bonds is 4. The Bertz CT molecular complexity index is 712. The Morgan fingerprint density at radius 2 is 1.71 bits per heavy atom. The zero-order valence-electron chi connectivity index (χ0n) is 13.6. The first-order valence-electron chi connectivity index (χ1n) is 7.92. The van der Waals surface area contributed by atoms with E-state index in [1.807, 2.05) is 48.5 Å². The normalized spacial score (nSPS) is 19.1. The molecule has 0 saturated carbocycles. The van der Waals surface area contributed by atoms with E-state index in [0.29, 0.717) is 0 Å². The standard InChI is InChI=1S/C20H21NO2.ClH/c1-20(19(22)23,18-9-5-6-14-21-18)17-12-10-16(11-13-17)15-7-3-2-4-8-15;/h2-5,7-13,18,21H,6,14H2,1H3,(H,22,23);1H/t18-,20?;/m0./s1. The maximum atomic E-state index is 12.0. The SMILES string of the molecule is CC(C(=O)O)(c1ccc(-c2ccccc2)cc1)[C@@H]1C=CCCN1.Cl. The average Bonchev–Trinajstić information content (AvgIpc) is 2.62. The minimum absolute atomic E-state index is 0. The van der Waals surface area contributed by atoms with Crippen LogP contribution in [0.25, 0.3) is 11.1 Å². The first kappa shape index (κ1) is 18.2. The number of hydrogen-bond donors (Lipinski definition) is 2. The molecule has 0 aliphatic carbocycles. The Kier molecular flexibility index (Phi) is 5.81. The molecular formula is C20H22ClNO2. The molecule has 1 unspecified atom stereocenters. The third-order valence-electron chi connectivity index (χ3n) is 4.66. The van der Waals surface area contributed by atoms with E-state index in [4.69, 9.17) is 0 Å². The van der Waals surface area contributed by atoms with Gasteiger partial charge in [0.15, 0.2) is 0 Å². The highest BCUT2D eigenvalue weighted by Crippen LogP contribution is 2.32. The van der Waals surface area contributed by atoms with Gasteiger partial charge in [-0.25, -0.2) is 0 Å². The van der Waals surface area contributed by atoms with Crippen molar-refractivity contribution in [2.75, 3.05) is 6.54 Å². The van der Waals surface area contributed by atoms with Gasteiger partial charge in [-0.05, 0) is 36.6 Å². The van der Waals surface area contributed by atoms with E-state index in [1.54, 1.807) is 6.92 Å². The van der Waals surface area contributed by atoms with Crippen LogP contribution in [0.1, 0.15) is 18.9 Å². The van der Waals surface area contributed by atoms with Crippen molar-refractivity contribution in [3.63, 3.8) is 0 Å². The topological polar surface area (TPSA) is 49.3 Å². The van der Waals surface area contributed by atoms with Crippen molar-refractivity contribution in [2.24, 2.45) is 0 Å². The fourth-order valence-electron chi connectivity index (χ4n) is 3.09. The summed E-state index contributed by atoms with van der Waals surface area (Å²) < 4.78 is 0. The quantitative estimate of drug-likeness (QED) is 0.824. The number of nitrogens with one attached hydrogen (secondary N) is 1. The molecule has 2 atom stereocenters. The lowest BCUT2D eigenvalue weighted by Crippen LogP contribution is -2.51. The van der Waals surface area contributed by atoms with Crippen molar-refractivity contribution >= 4 is 18.4 Å². The molecule has 1 aliphatic heterocycles. The summed E-state index contributed by atoms with van der Waals surface area (Å²) in [6.07, 6.45) is 4.97. The van der Waals surface area contributed by atoms with Crippen LogP contribution >= 0.6 is 12.4 Å². The van der Waals surface area contributed by atoms with Gasteiger partial charge in [-0.1, -0.05) is 66.7 Å². The smallest absolute Gasteiger partial charge is 0.315 e. The first-order valence-corrected chi connectivity index (χ1v) is 7.92. The molecule has 0 fully saturated rings. The average molecular weight is 344 g/mol. The molecule has 24 heavy (non-hydrogen) atoms. The second-order valence-corrected chi connectivity index (χ2v) is 6.10. The minimum Gasteiger partial charge on any atom is -0.481 e. The molecular weight excluding hydrogens is 322 g/mol. The Hall–Kier alpha value is -2.10. The second-order valence-electron chi connectivity index (χ2n) is 6.10. The highest BCUT2D eigenvalue weighted by Gasteiger charge is 2.42. The largest absolute Gasteiger partial charge is 0.481 e. The van der Waals surface area contributed by atoms with Crippen molar-refractivity contribution in [1.29, 1.82) is 0 Å². The van der Waals surface area contributed by atoms with Crippen LogP contribution in [-0.4, -0.2) is 23.7 Å². The number of carboxylic acid groups (broad SMARTS) is 1. The molecule has 2 N–H and O–H groups in total. The van der Waals surface area contributed by atoms with Crippen molar-refractivity contribution in [3.05, 3.63) is 72.3 Å². The second kappa shape index (κ2) is 7.65. The van der Waals surface area contributed by atoms with E-state index in [9.17, 15) is 9.90 Å². The molecule has 2 aromatic rings. The van der Waals surface area contributed by atoms with E-state index in [1.165, 1.54) is 0 Å². The van der Waals surface area contributed by atoms with Crippen molar-refractivity contribution in [1.82, 2.24) is 5.32 Å².